The van der Waals surface area contributed by atoms with Crippen molar-refractivity contribution in [1.29, 1.82) is 0 Å². The summed E-state index contributed by atoms with van der Waals surface area (Å²) in [5.74, 6) is -1.83. The number of primary sulfonamides is 1. The smallest absolute Gasteiger partial charge is 0.309 e. The van der Waals surface area contributed by atoms with Crippen LogP contribution in [0.1, 0.15) is 17.2 Å². The van der Waals surface area contributed by atoms with Crippen molar-refractivity contribution in [2.45, 2.75) is 17.4 Å². The number of sulfonamides is 1. The predicted octanol–water partition coefficient (Wildman–Crippen LogP) is 0.237. The molecule has 0 aromatic heterocycles. The summed E-state index contributed by atoms with van der Waals surface area (Å²) in [5, 5.41) is 10.3. The number of halogens is 1. The lowest BCUT2D eigenvalue weighted by atomic mass is 10.0. The van der Waals surface area contributed by atoms with E-state index >= 15 is 0 Å². The van der Waals surface area contributed by atoms with Crippen LogP contribution in [0.25, 0.3) is 0 Å². The van der Waals surface area contributed by atoms with Gasteiger partial charge in [0.1, 0.15) is 5.82 Å². The van der Waals surface area contributed by atoms with E-state index in [4.69, 9.17) is 5.14 Å². The zero-order valence-electron chi connectivity index (χ0n) is 19.0. The number of benzene rings is 2. The molecule has 0 radical (unpaired) electrons. The Morgan fingerprint density at radius 1 is 0.971 bits per heavy atom. The van der Waals surface area contributed by atoms with Crippen molar-refractivity contribution >= 4 is 21.8 Å². The number of hydrogen-bond donors (Lipinski definition) is 3. The molecular weight excluding hydrogens is 461 g/mol. The minimum Gasteiger partial charge on any atom is -0.348 e. The van der Waals surface area contributed by atoms with Gasteiger partial charge in [0.25, 0.3) is 0 Å². The van der Waals surface area contributed by atoms with E-state index in [9.17, 15) is 22.4 Å². The van der Waals surface area contributed by atoms with Crippen LogP contribution in [0.3, 0.4) is 0 Å². The van der Waals surface area contributed by atoms with Gasteiger partial charge < -0.3 is 15.5 Å². The summed E-state index contributed by atoms with van der Waals surface area (Å²) >= 11 is 0. The molecule has 3 rings (SSSR count). The Bertz CT molecular complexity index is 1090. The van der Waals surface area contributed by atoms with Crippen molar-refractivity contribution in [2.75, 3.05) is 46.3 Å². The normalized spacial score (nSPS) is 16.1. The summed E-state index contributed by atoms with van der Waals surface area (Å²) < 4.78 is 36.0. The largest absolute Gasteiger partial charge is 0.348 e. The zero-order chi connectivity index (χ0) is 24.7. The van der Waals surface area contributed by atoms with E-state index in [0.29, 0.717) is 6.42 Å². The van der Waals surface area contributed by atoms with Crippen LogP contribution in [-0.2, 0) is 26.0 Å². The fraction of sp³-hybridized carbons (Fsp3) is 0.391. The first kappa shape index (κ1) is 25.8. The molecule has 1 aliphatic rings. The Hall–Kier alpha value is -2.86. The zero-order valence-corrected chi connectivity index (χ0v) is 19.9. The van der Waals surface area contributed by atoms with E-state index in [2.05, 4.69) is 20.4 Å². The van der Waals surface area contributed by atoms with Crippen molar-refractivity contribution in [1.82, 2.24) is 20.4 Å². The van der Waals surface area contributed by atoms with Gasteiger partial charge in [-0.3, -0.25) is 14.5 Å². The van der Waals surface area contributed by atoms with Gasteiger partial charge in [0.05, 0.1) is 10.9 Å². The second kappa shape index (κ2) is 11.5. The van der Waals surface area contributed by atoms with Gasteiger partial charge in [0.15, 0.2) is 0 Å². The number of amides is 2. The number of carbonyl (C=O) groups is 2. The topological polar surface area (TPSA) is 125 Å². The molecule has 1 unspecified atom stereocenters. The minimum absolute atomic E-state index is 0.00993. The SMILES string of the molecule is CN1CCN(C(CNC(=O)C(=O)NCCc2ccc(S(N)(=O)=O)cc2)c2ccc(F)cc2)CC1. The third-order valence-corrected chi connectivity index (χ3v) is 6.78. The number of likely N-dealkylation sites (N-methyl/N-ethyl adjacent to an activating group) is 1. The molecule has 184 valence electrons. The molecule has 0 saturated carbocycles. The Kier molecular flexibility index (Phi) is 8.72. The molecule has 11 heteroatoms. The van der Waals surface area contributed by atoms with Crippen LogP contribution in [0, 0.1) is 5.82 Å². The maximum Gasteiger partial charge on any atom is 0.309 e. The lowest BCUT2D eigenvalue weighted by Gasteiger charge is -2.38. The van der Waals surface area contributed by atoms with Gasteiger partial charge in [-0.1, -0.05) is 24.3 Å². The Balaban J connectivity index is 1.52. The highest BCUT2D eigenvalue weighted by Crippen LogP contribution is 2.22. The summed E-state index contributed by atoms with van der Waals surface area (Å²) in [5.41, 5.74) is 1.66. The third kappa shape index (κ3) is 7.32. The van der Waals surface area contributed by atoms with E-state index in [0.717, 1.165) is 37.3 Å². The van der Waals surface area contributed by atoms with Crippen LogP contribution in [-0.4, -0.2) is 76.3 Å². The lowest BCUT2D eigenvalue weighted by Crippen LogP contribution is -2.49. The third-order valence-electron chi connectivity index (χ3n) is 5.85. The van der Waals surface area contributed by atoms with Gasteiger partial charge >= 0.3 is 11.8 Å². The van der Waals surface area contributed by atoms with Crippen molar-refractivity contribution in [3.05, 3.63) is 65.5 Å². The van der Waals surface area contributed by atoms with Gasteiger partial charge in [-0.25, -0.2) is 17.9 Å². The summed E-state index contributed by atoms with van der Waals surface area (Å²) in [6.07, 6.45) is 0.420. The average Bonchev–Trinajstić information content (AvgIpc) is 2.81. The number of nitrogens with zero attached hydrogens (tertiary/aromatic N) is 2. The van der Waals surface area contributed by atoms with Gasteiger partial charge in [0, 0.05) is 39.3 Å². The number of piperazine rings is 1. The van der Waals surface area contributed by atoms with Crippen LogP contribution in [0.5, 0.6) is 0 Å². The van der Waals surface area contributed by atoms with Crippen molar-refractivity contribution in [2.24, 2.45) is 5.14 Å². The Morgan fingerprint density at radius 2 is 1.56 bits per heavy atom. The molecule has 2 amide bonds. The minimum atomic E-state index is -3.76. The second-order valence-electron chi connectivity index (χ2n) is 8.31. The molecule has 1 heterocycles. The van der Waals surface area contributed by atoms with Gasteiger partial charge in [-0.2, -0.15) is 0 Å². The number of nitrogens with two attached hydrogens (primary N) is 1. The molecular formula is C23H30FN5O4S. The first-order chi connectivity index (χ1) is 16.1. The number of nitrogens with one attached hydrogen (secondary N) is 2. The second-order valence-corrected chi connectivity index (χ2v) is 9.87. The van der Waals surface area contributed by atoms with E-state index < -0.39 is 21.8 Å². The Morgan fingerprint density at radius 3 is 2.15 bits per heavy atom. The number of hydrogen-bond acceptors (Lipinski definition) is 6. The average molecular weight is 492 g/mol. The van der Waals surface area contributed by atoms with E-state index in [-0.39, 0.29) is 29.8 Å². The molecule has 1 saturated heterocycles. The fourth-order valence-corrected chi connectivity index (χ4v) is 4.31. The number of rotatable bonds is 8. The first-order valence-electron chi connectivity index (χ1n) is 11.0. The van der Waals surface area contributed by atoms with Crippen LogP contribution < -0.4 is 15.8 Å². The van der Waals surface area contributed by atoms with E-state index in [1.807, 2.05) is 7.05 Å². The Labute approximate surface area is 199 Å². The molecule has 0 bridgehead atoms. The maximum absolute atomic E-state index is 13.4. The molecule has 1 atom stereocenters. The molecule has 34 heavy (non-hydrogen) atoms. The summed E-state index contributed by atoms with van der Waals surface area (Å²) in [4.78, 5) is 29.1. The van der Waals surface area contributed by atoms with Crippen LogP contribution >= 0.6 is 0 Å². The summed E-state index contributed by atoms with van der Waals surface area (Å²) in [6.45, 7) is 3.78. The number of carbonyl (C=O) groups excluding carboxylic acids is 2. The van der Waals surface area contributed by atoms with Crippen LogP contribution in [0.15, 0.2) is 53.4 Å². The predicted molar refractivity (Wildman–Crippen MR) is 126 cm³/mol. The first-order valence-corrected chi connectivity index (χ1v) is 12.5. The maximum atomic E-state index is 13.4. The van der Waals surface area contributed by atoms with Crippen molar-refractivity contribution in [3.8, 4) is 0 Å². The summed E-state index contributed by atoms with van der Waals surface area (Å²) in [6, 6.07) is 12.0. The van der Waals surface area contributed by atoms with Crippen molar-refractivity contribution < 1.29 is 22.4 Å². The van der Waals surface area contributed by atoms with Gasteiger partial charge in [-0.15, -0.1) is 0 Å². The molecule has 2 aromatic carbocycles. The lowest BCUT2D eigenvalue weighted by molar-refractivity contribution is -0.139. The highest BCUT2D eigenvalue weighted by atomic mass is 32.2. The highest BCUT2D eigenvalue weighted by molar-refractivity contribution is 7.89. The summed E-state index contributed by atoms with van der Waals surface area (Å²) in [7, 11) is -1.71. The van der Waals surface area contributed by atoms with Crippen LogP contribution in [0.4, 0.5) is 4.39 Å². The molecule has 4 N–H and O–H groups in total. The van der Waals surface area contributed by atoms with Crippen LogP contribution in [0.2, 0.25) is 0 Å². The quantitative estimate of drug-likeness (QED) is 0.455. The fourth-order valence-electron chi connectivity index (χ4n) is 3.79. The molecule has 1 aliphatic heterocycles. The monoisotopic (exact) mass is 491 g/mol. The van der Waals surface area contributed by atoms with Crippen molar-refractivity contribution in [3.63, 3.8) is 0 Å². The van der Waals surface area contributed by atoms with E-state index in [1.165, 1.54) is 24.3 Å². The standard InChI is InChI=1S/C23H30FN5O4S/c1-28-12-14-29(15-13-28)21(18-4-6-19(24)7-5-18)16-27-23(31)22(30)26-11-10-17-2-8-20(9-3-17)34(25,32)33/h2-9,21H,10-16H2,1H3,(H,26,30)(H,27,31)(H2,25,32,33). The molecule has 1 fully saturated rings. The van der Waals surface area contributed by atoms with Gasteiger partial charge in [-0.05, 0) is 48.9 Å². The van der Waals surface area contributed by atoms with E-state index in [1.54, 1.807) is 24.3 Å². The molecule has 9 nitrogen and oxygen atoms in total. The molecule has 0 aliphatic carbocycles. The molecule has 2 aromatic rings. The highest BCUT2D eigenvalue weighted by Gasteiger charge is 2.25. The van der Waals surface area contributed by atoms with Gasteiger partial charge in [0.2, 0.25) is 10.0 Å². The molecule has 0 spiro atoms.